The van der Waals surface area contributed by atoms with Crippen molar-refractivity contribution in [1.29, 1.82) is 0 Å². The van der Waals surface area contributed by atoms with Crippen LogP contribution in [0.3, 0.4) is 0 Å². The summed E-state index contributed by atoms with van der Waals surface area (Å²) in [4.78, 5) is 17.4. The van der Waals surface area contributed by atoms with E-state index in [2.05, 4.69) is 48.1 Å². The van der Waals surface area contributed by atoms with E-state index in [-0.39, 0.29) is 5.91 Å². The van der Waals surface area contributed by atoms with E-state index in [0.717, 1.165) is 41.0 Å². The van der Waals surface area contributed by atoms with Crippen molar-refractivity contribution in [2.24, 2.45) is 0 Å². The molecular formula is C12H17Br2N3OS. The molecule has 0 bridgehead atoms. The van der Waals surface area contributed by atoms with Crippen LogP contribution in [0.2, 0.25) is 0 Å². The molecule has 19 heavy (non-hydrogen) atoms. The number of hydrogen-bond donors (Lipinski definition) is 1. The number of likely N-dealkylation sites (N-methyl/N-ethyl adjacent to an activating group) is 1. The van der Waals surface area contributed by atoms with Crippen LogP contribution in [0.1, 0.15) is 4.88 Å². The molecule has 1 aliphatic rings. The highest BCUT2D eigenvalue weighted by atomic mass is 79.9. The van der Waals surface area contributed by atoms with Gasteiger partial charge in [-0.05, 0) is 45.0 Å². The van der Waals surface area contributed by atoms with Crippen LogP contribution in [0, 0.1) is 0 Å². The fourth-order valence-electron chi connectivity index (χ4n) is 2.04. The van der Waals surface area contributed by atoms with E-state index in [9.17, 15) is 4.79 Å². The van der Waals surface area contributed by atoms with Crippen LogP contribution < -0.4 is 5.32 Å². The number of halogens is 2. The Hall–Kier alpha value is 0.0500. The van der Waals surface area contributed by atoms with E-state index in [4.69, 9.17) is 0 Å². The van der Waals surface area contributed by atoms with Gasteiger partial charge in [0.25, 0.3) is 0 Å². The number of amides is 1. The fraction of sp³-hybridized carbons (Fsp3) is 0.583. The normalized spacial score (nSPS) is 16.1. The fourth-order valence-corrected chi connectivity index (χ4v) is 4.29. The maximum absolute atomic E-state index is 12.1. The van der Waals surface area contributed by atoms with E-state index < -0.39 is 0 Å². The Labute approximate surface area is 134 Å². The summed E-state index contributed by atoms with van der Waals surface area (Å²) in [6.45, 7) is 4.73. The number of carbonyl (C=O) groups is 1. The quantitative estimate of drug-likeness (QED) is 0.825. The molecule has 1 aliphatic heterocycles. The summed E-state index contributed by atoms with van der Waals surface area (Å²) in [7, 11) is 1.99. The first-order valence-electron chi connectivity index (χ1n) is 6.17. The van der Waals surface area contributed by atoms with Gasteiger partial charge in [-0.1, -0.05) is 0 Å². The lowest BCUT2D eigenvalue weighted by atomic mass is 10.3. The van der Waals surface area contributed by atoms with Crippen molar-refractivity contribution >= 4 is 49.1 Å². The summed E-state index contributed by atoms with van der Waals surface area (Å²) in [5.41, 5.74) is 0. The van der Waals surface area contributed by atoms with Crippen molar-refractivity contribution in [3.05, 3.63) is 19.2 Å². The number of nitrogens with one attached hydrogen (secondary N) is 1. The molecule has 7 heteroatoms. The van der Waals surface area contributed by atoms with Crippen molar-refractivity contribution in [3.63, 3.8) is 0 Å². The van der Waals surface area contributed by atoms with Crippen molar-refractivity contribution < 1.29 is 4.79 Å². The Morgan fingerprint density at radius 1 is 1.47 bits per heavy atom. The van der Waals surface area contributed by atoms with Gasteiger partial charge in [0, 0.05) is 42.1 Å². The average molecular weight is 411 g/mol. The molecule has 4 nitrogen and oxygen atoms in total. The second kappa shape index (κ2) is 7.17. The third kappa shape index (κ3) is 4.53. The monoisotopic (exact) mass is 409 g/mol. The van der Waals surface area contributed by atoms with Gasteiger partial charge in [0.15, 0.2) is 0 Å². The zero-order chi connectivity index (χ0) is 13.8. The van der Waals surface area contributed by atoms with E-state index in [1.807, 2.05) is 11.9 Å². The summed E-state index contributed by atoms with van der Waals surface area (Å²) < 4.78 is 2.18. The van der Waals surface area contributed by atoms with Crippen molar-refractivity contribution in [2.45, 2.75) is 6.54 Å². The van der Waals surface area contributed by atoms with Crippen molar-refractivity contribution in [2.75, 3.05) is 39.8 Å². The zero-order valence-electron chi connectivity index (χ0n) is 10.8. The molecule has 0 unspecified atom stereocenters. The smallest absolute Gasteiger partial charge is 0.236 e. The van der Waals surface area contributed by atoms with Gasteiger partial charge in [0.05, 0.1) is 10.3 Å². The number of rotatable bonds is 4. The molecular weight excluding hydrogens is 394 g/mol. The van der Waals surface area contributed by atoms with Crippen LogP contribution >= 0.6 is 43.2 Å². The summed E-state index contributed by atoms with van der Waals surface area (Å²) in [5, 5.41) is 3.26. The summed E-state index contributed by atoms with van der Waals surface area (Å²) in [6.07, 6.45) is 0. The Bertz CT molecular complexity index is 427. The Morgan fingerprint density at radius 3 is 2.74 bits per heavy atom. The second-order valence-corrected chi connectivity index (χ2v) is 7.95. The lowest BCUT2D eigenvalue weighted by Crippen LogP contribution is -2.49. The first kappa shape index (κ1) is 15.4. The third-order valence-electron chi connectivity index (χ3n) is 3.00. The highest BCUT2D eigenvalue weighted by molar-refractivity contribution is 9.13. The molecule has 1 fully saturated rings. The standard InChI is InChI=1S/C12H17Br2N3OS/c1-16(7-9-6-10(13)12(14)19-9)8-11(18)17-4-2-15-3-5-17/h6,15H,2-5,7-8H2,1H3. The average Bonchev–Trinajstić information content (AvgIpc) is 2.69. The zero-order valence-corrected chi connectivity index (χ0v) is 14.8. The molecule has 2 rings (SSSR count). The minimum atomic E-state index is 0.221. The highest BCUT2D eigenvalue weighted by Gasteiger charge is 2.18. The minimum Gasteiger partial charge on any atom is -0.339 e. The van der Waals surface area contributed by atoms with Gasteiger partial charge in [-0.3, -0.25) is 9.69 Å². The van der Waals surface area contributed by atoms with E-state index in [0.29, 0.717) is 6.54 Å². The van der Waals surface area contributed by atoms with Gasteiger partial charge in [-0.2, -0.15) is 0 Å². The molecule has 0 aromatic carbocycles. The Balaban J connectivity index is 1.83. The molecule has 1 N–H and O–H groups in total. The highest BCUT2D eigenvalue weighted by Crippen LogP contribution is 2.32. The van der Waals surface area contributed by atoms with E-state index >= 15 is 0 Å². The van der Waals surface area contributed by atoms with Crippen molar-refractivity contribution in [1.82, 2.24) is 15.1 Å². The summed E-state index contributed by atoms with van der Waals surface area (Å²) >= 11 is 8.67. The molecule has 1 aromatic heterocycles. The number of nitrogens with zero attached hydrogens (tertiary/aromatic N) is 2. The third-order valence-corrected chi connectivity index (χ3v) is 6.24. The molecule has 106 valence electrons. The maximum atomic E-state index is 12.1. The molecule has 1 amide bonds. The first-order chi connectivity index (χ1) is 9.06. The van der Waals surface area contributed by atoms with Crippen LogP contribution in [0.25, 0.3) is 0 Å². The van der Waals surface area contributed by atoms with Gasteiger partial charge in [-0.15, -0.1) is 11.3 Å². The lowest BCUT2D eigenvalue weighted by molar-refractivity contribution is -0.132. The van der Waals surface area contributed by atoms with Crippen LogP contribution in [0.5, 0.6) is 0 Å². The largest absolute Gasteiger partial charge is 0.339 e. The van der Waals surface area contributed by atoms with Crippen molar-refractivity contribution in [3.8, 4) is 0 Å². The number of carbonyl (C=O) groups excluding carboxylic acids is 1. The van der Waals surface area contributed by atoms with Gasteiger partial charge in [-0.25, -0.2) is 0 Å². The van der Waals surface area contributed by atoms with E-state index in [1.54, 1.807) is 11.3 Å². The molecule has 2 heterocycles. The topological polar surface area (TPSA) is 35.6 Å². The van der Waals surface area contributed by atoms with Gasteiger partial charge < -0.3 is 10.2 Å². The van der Waals surface area contributed by atoms with Crippen LogP contribution in [0.4, 0.5) is 0 Å². The molecule has 0 spiro atoms. The Morgan fingerprint density at radius 2 is 2.16 bits per heavy atom. The summed E-state index contributed by atoms with van der Waals surface area (Å²) in [6, 6.07) is 2.10. The van der Waals surface area contributed by atoms with E-state index in [1.165, 1.54) is 4.88 Å². The van der Waals surface area contributed by atoms with Gasteiger partial charge in [0.1, 0.15) is 0 Å². The molecule has 1 aromatic rings. The predicted molar refractivity (Wildman–Crippen MR) is 85.5 cm³/mol. The molecule has 1 saturated heterocycles. The number of thiophene rings is 1. The first-order valence-corrected chi connectivity index (χ1v) is 8.57. The lowest BCUT2D eigenvalue weighted by Gasteiger charge is -2.29. The van der Waals surface area contributed by atoms with Crippen LogP contribution in [-0.2, 0) is 11.3 Å². The molecule has 0 atom stereocenters. The number of piperazine rings is 1. The van der Waals surface area contributed by atoms with Crippen LogP contribution in [-0.4, -0.2) is 55.5 Å². The molecule has 0 saturated carbocycles. The summed E-state index contributed by atoms with van der Waals surface area (Å²) in [5.74, 6) is 0.221. The maximum Gasteiger partial charge on any atom is 0.236 e. The second-order valence-electron chi connectivity index (χ2n) is 4.64. The van der Waals surface area contributed by atoms with Gasteiger partial charge >= 0.3 is 0 Å². The SMILES string of the molecule is CN(CC(=O)N1CCNCC1)Cc1cc(Br)c(Br)s1. The van der Waals surface area contributed by atoms with Crippen LogP contribution in [0.15, 0.2) is 14.3 Å². The minimum absolute atomic E-state index is 0.221. The molecule has 0 radical (unpaired) electrons. The predicted octanol–water partition coefficient (Wildman–Crippen LogP) is 2.14. The Kier molecular flexibility index (Phi) is 5.83. The van der Waals surface area contributed by atoms with Gasteiger partial charge in [0.2, 0.25) is 5.91 Å². The number of hydrogen-bond acceptors (Lipinski definition) is 4. The molecule has 0 aliphatic carbocycles.